The Labute approximate surface area is 194 Å². The first-order valence-electron chi connectivity index (χ1n) is 10.8. The number of rotatable bonds is 7. The maximum absolute atomic E-state index is 12.7. The zero-order valence-corrected chi connectivity index (χ0v) is 18.8. The van der Waals surface area contributed by atoms with Crippen molar-refractivity contribution in [3.8, 4) is 11.5 Å². The number of piperazine rings is 1. The highest BCUT2D eigenvalue weighted by Gasteiger charge is 2.22. The van der Waals surface area contributed by atoms with Crippen LogP contribution in [0.1, 0.15) is 28.2 Å². The lowest BCUT2D eigenvalue weighted by molar-refractivity contribution is -0.133. The van der Waals surface area contributed by atoms with Crippen LogP contribution in [0.5, 0.6) is 11.5 Å². The molecule has 0 radical (unpaired) electrons. The Morgan fingerprint density at radius 2 is 1.94 bits per heavy atom. The summed E-state index contributed by atoms with van der Waals surface area (Å²) in [6.07, 6.45) is 2.39. The molecule has 2 amide bonds. The summed E-state index contributed by atoms with van der Waals surface area (Å²) < 4.78 is 15.9. The molecule has 33 heavy (non-hydrogen) atoms. The molecule has 1 aromatic carbocycles. The molecule has 5 rings (SSSR count). The lowest BCUT2D eigenvalue weighted by Crippen LogP contribution is -2.48. The first kappa shape index (κ1) is 21.5. The van der Waals surface area contributed by atoms with Gasteiger partial charge < -0.3 is 18.8 Å². The van der Waals surface area contributed by atoms with Gasteiger partial charge in [-0.1, -0.05) is 6.07 Å². The van der Waals surface area contributed by atoms with E-state index in [-0.39, 0.29) is 24.4 Å². The molecule has 0 atom stereocenters. The van der Waals surface area contributed by atoms with Crippen LogP contribution in [-0.4, -0.2) is 59.6 Å². The van der Waals surface area contributed by atoms with Crippen molar-refractivity contribution in [3.63, 3.8) is 0 Å². The third-order valence-corrected chi connectivity index (χ3v) is 6.49. The number of benzene rings is 1. The highest BCUT2D eigenvalue weighted by atomic mass is 32.1. The molecule has 10 heteroatoms. The molecule has 9 nitrogen and oxygen atoms in total. The molecule has 0 bridgehead atoms. The minimum Gasteiger partial charge on any atom is -0.459 e. The predicted octanol–water partition coefficient (Wildman–Crippen LogP) is 2.99. The van der Waals surface area contributed by atoms with Crippen molar-refractivity contribution in [1.29, 1.82) is 0 Å². The van der Waals surface area contributed by atoms with Crippen LogP contribution < -0.4 is 14.8 Å². The van der Waals surface area contributed by atoms with Crippen LogP contribution in [0.25, 0.3) is 0 Å². The first-order valence-corrected chi connectivity index (χ1v) is 11.7. The fourth-order valence-electron chi connectivity index (χ4n) is 3.89. The van der Waals surface area contributed by atoms with Crippen molar-refractivity contribution in [2.75, 3.05) is 38.3 Å². The third-order valence-electron chi connectivity index (χ3n) is 5.68. The smallest absolute Gasteiger partial charge is 0.293 e. The van der Waals surface area contributed by atoms with E-state index in [9.17, 15) is 9.59 Å². The standard InChI is InChI=1S/C23H24N4O5S/c28-21(6-4-17-14-33-23(24-17)25-22(29)19-2-1-11-30-19)27-9-7-26(8-10-27)13-16-3-5-18-20(12-16)32-15-31-18/h1-3,5,11-12,14H,4,6-10,13,15H2,(H,24,25,29). The Bertz CT molecular complexity index is 1120. The van der Waals surface area contributed by atoms with Crippen molar-refractivity contribution in [1.82, 2.24) is 14.8 Å². The van der Waals surface area contributed by atoms with Crippen molar-refractivity contribution in [2.24, 2.45) is 0 Å². The number of carbonyl (C=O) groups excluding carboxylic acids is 2. The molecule has 0 saturated carbocycles. The van der Waals surface area contributed by atoms with Gasteiger partial charge >= 0.3 is 0 Å². The fourth-order valence-corrected chi connectivity index (χ4v) is 4.63. The van der Waals surface area contributed by atoms with Crippen molar-refractivity contribution in [2.45, 2.75) is 19.4 Å². The highest BCUT2D eigenvalue weighted by Crippen LogP contribution is 2.32. The fraction of sp³-hybridized carbons (Fsp3) is 0.348. The molecule has 1 saturated heterocycles. The quantitative estimate of drug-likeness (QED) is 0.569. The van der Waals surface area contributed by atoms with Gasteiger partial charge in [0.05, 0.1) is 12.0 Å². The van der Waals surface area contributed by atoms with Gasteiger partial charge in [0.1, 0.15) is 0 Å². The zero-order chi connectivity index (χ0) is 22.6. The second kappa shape index (κ2) is 9.63. The van der Waals surface area contributed by atoms with E-state index in [0.29, 0.717) is 31.1 Å². The number of thiazole rings is 1. The minimum absolute atomic E-state index is 0.131. The van der Waals surface area contributed by atoms with Gasteiger partial charge in [-0.3, -0.25) is 19.8 Å². The van der Waals surface area contributed by atoms with E-state index in [1.54, 1.807) is 12.1 Å². The summed E-state index contributed by atoms with van der Waals surface area (Å²) in [4.78, 5) is 33.4. The van der Waals surface area contributed by atoms with E-state index in [2.05, 4.69) is 21.3 Å². The number of amides is 2. The maximum atomic E-state index is 12.7. The third kappa shape index (κ3) is 5.18. The summed E-state index contributed by atoms with van der Waals surface area (Å²) in [6.45, 7) is 4.20. The van der Waals surface area contributed by atoms with Crippen molar-refractivity contribution < 1.29 is 23.5 Å². The number of nitrogens with one attached hydrogen (secondary N) is 1. The van der Waals surface area contributed by atoms with Crippen LogP contribution >= 0.6 is 11.3 Å². The van der Waals surface area contributed by atoms with Gasteiger partial charge in [-0.25, -0.2) is 4.98 Å². The number of carbonyl (C=O) groups is 2. The van der Waals surface area contributed by atoms with Crippen LogP contribution in [-0.2, 0) is 17.8 Å². The van der Waals surface area contributed by atoms with Gasteiger partial charge in [-0.2, -0.15) is 0 Å². The predicted molar refractivity (Wildman–Crippen MR) is 122 cm³/mol. The van der Waals surface area contributed by atoms with E-state index >= 15 is 0 Å². The normalized spacial score (nSPS) is 15.6. The molecule has 2 aromatic heterocycles. The largest absolute Gasteiger partial charge is 0.459 e. The van der Waals surface area contributed by atoms with E-state index < -0.39 is 0 Å². The molecule has 0 aliphatic carbocycles. The van der Waals surface area contributed by atoms with Gasteiger partial charge in [0.2, 0.25) is 12.7 Å². The summed E-state index contributed by atoms with van der Waals surface area (Å²) in [5.74, 6) is 1.62. The maximum Gasteiger partial charge on any atom is 0.293 e. The van der Waals surface area contributed by atoms with Crippen LogP contribution in [0, 0.1) is 0 Å². The minimum atomic E-state index is -0.337. The molecule has 1 fully saturated rings. The number of nitrogens with zero attached hydrogens (tertiary/aromatic N) is 3. The molecule has 3 aromatic rings. The molecular weight excluding hydrogens is 444 g/mol. The lowest BCUT2D eigenvalue weighted by Gasteiger charge is -2.34. The molecule has 0 spiro atoms. The summed E-state index contributed by atoms with van der Waals surface area (Å²) in [5, 5.41) is 5.08. The number of hydrogen-bond donors (Lipinski definition) is 1. The SMILES string of the molecule is O=C(Nc1nc(CCC(=O)N2CCN(Cc3ccc4c(c3)OCO4)CC2)cs1)c1ccco1. The Hall–Kier alpha value is -3.37. The molecule has 2 aliphatic rings. The van der Waals surface area contributed by atoms with E-state index in [4.69, 9.17) is 13.9 Å². The molecular formula is C23H24N4O5S. The number of fused-ring (bicyclic) bond motifs is 1. The summed E-state index contributed by atoms with van der Waals surface area (Å²) >= 11 is 1.34. The number of ether oxygens (including phenoxy) is 2. The Kier molecular flexibility index (Phi) is 6.27. The number of anilines is 1. The topological polar surface area (TPSA) is 97.1 Å². The second-order valence-electron chi connectivity index (χ2n) is 7.92. The van der Waals surface area contributed by atoms with E-state index in [0.717, 1.165) is 36.8 Å². The molecule has 0 unspecified atom stereocenters. The van der Waals surface area contributed by atoms with Gasteiger partial charge in [-0.15, -0.1) is 11.3 Å². The number of furan rings is 1. The van der Waals surface area contributed by atoms with Crippen LogP contribution in [0.2, 0.25) is 0 Å². The number of hydrogen-bond acceptors (Lipinski definition) is 8. The Morgan fingerprint density at radius 1 is 1.09 bits per heavy atom. The highest BCUT2D eigenvalue weighted by molar-refractivity contribution is 7.13. The van der Waals surface area contributed by atoms with Crippen LogP contribution in [0.3, 0.4) is 0 Å². The van der Waals surface area contributed by atoms with Crippen LogP contribution in [0.15, 0.2) is 46.4 Å². The summed E-state index contributed by atoms with van der Waals surface area (Å²) in [7, 11) is 0. The average Bonchev–Trinajstić information content (AvgIpc) is 3.59. The van der Waals surface area contributed by atoms with E-state index in [1.165, 1.54) is 23.2 Å². The van der Waals surface area contributed by atoms with Gasteiger partial charge in [-0.05, 0) is 36.2 Å². The first-order chi connectivity index (χ1) is 16.1. The molecule has 1 N–H and O–H groups in total. The Balaban J connectivity index is 1.05. The van der Waals surface area contributed by atoms with Gasteiger partial charge in [0.15, 0.2) is 22.4 Å². The molecule has 172 valence electrons. The Morgan fingerprint density at radius 3 is 2.76 bits per heavy atom. The van der Waals surface area contributed by atoms with E-state index in [1.807, 2.05) is 22.4 Å². The lowest BCUT2D eigenvalue weighted by atomic mass is 10.1. The zero-order valence-electron chi connectivity index (χ0n) is 18.0. The van der Waals surface area contributed by atoms with Crippen molar-refractivity contribution >= 4 is 28.3 Å². The number of aryl methyl sites for hydroxylation is 1. The second-order valence-corrected chi connectivity index (χ2v) is 8.78. The van der Waals surface area contributed by atoms with Crippen LogP contribution in [0.4, 0.5) is 5.13 Å². The van der Waals surface area contributed by atoms with Crippen molar-refractivity contribution in [3.05, 3.63) is 59.0 Å². The summed E-state index contributed by atoms with van der Waals surface area (Å²) in [6, 6.07) is 9.29. The molecule has 2 aliphatic heterocycles. The average molecular weight is 469 g/mol. The number of aromatic nitrogens is 1. The van der Waals surface area contributed by atoms with Gasteiger partial charge in [0, 0.05) is 44.5 Å². The van der Waals surface area contributed by atoms with Gasteiger partial charge in [0.25, 0.3) is 5.91 Å². The molecule has 4 heterocycles. The monoisotopic (exact) mass is 468 g/mol. The summed E-state index contributed by atoms with van der Waals surface area (Å²) in [5.41, 5.74) is 1.97.